The third-order valence-electron chi connectivity index (χ3n) is 3.44. The first-order valence-electron chi connectivity index (χ1n) is 8.94. The van der Waals surface area contributed by atoms with Gasteiger partial charge in [0, 0.05) is 12.8 Å². The van der Waals surface area contributed by atoms with Gasteiger partial charge in [-0.25, -0.2) is 0 Å². The molecule has 0 N–H and O–H groups in total. The molecule has 0 spiro atoms. The van der Waals surface area contributed by atoms with Gasteiger partial charge in [0.15, 0.2) is 0 Å². The minimum absolute atomic E-state index is 0.142. The Morgan fingerprint density at radius 3 is 1.24 bits per heavy atom. The Morgan fingerprint density at radius 1 is 0.600 bits per heavy atom. The lowest BCUT2D eigenvalue weighted by Crippen LogP contribution is -1.98. The van der Waals surface area contributed by atoms with Gasteiger partial charge < -0.3 is 9.47 Å². The number of methoxy groups -OCH3 is 2. The average Bonchev–Trinajstić information content (AvgIpc) is 2.63. The molecule has 0 aromatic carbocycles. The van der Waals surface area contributed by atoms with Gasteiger partial charge in [-0.15, -0.1) is 0 Å². The van der Waals surface area contributed by atoms with E-state index in [4.69, 9.17) is 0 Å². The maximum absolute atomic E-state index is 10.9. The van der Waals surface area contributed by atoms with E-state index in [1.165, 1.54) is 14.2 Å². The molecule has 0 heterocycles. The second kappa shape index (κ2) is 18.2. The summed E-state index contributed by atoms with van der Waals surface area (Å²) < 4.78 is 9.17. The summed E-state index contributed by atoms with van der Waals surface area (Å²) in [6.45, 7) is 0. The molecule has 0 rings (SSSR count). The zero-order chi connectivity index (χ0) is 18.6. The fraction of sp³-hybridized carbons (Fsp3) is 0.524. The van der Waals surface area contributed by atoms with Gasteiger partial charge in [-0.05, 0) is 44.9 Å². The van der Waals surface area contributed by atoms with Crippen LogP contribution in [0.3, 0.4) is 0 Å². The van der Waals surface area contributed by atoms with Crippen LogP contribution in [0.4, 0.5) is 0 Å². The fourth-order valence-corrected chi connectivity index (χ4v) is 1.98. The van der Waals surface area contributed by atoms with Gasteiger partial charge in [0.1, 0.15) is 0 Å². The Morgan fingerprint density at radius 2 is 0.920 bits per heavy atom. The molecule has 0 aliphatic carbocycles. The molecule has 0 fully saturated rings. The molecule has 0 aliphatic rings. The monoisotopic (exact) mass is 348 g/mol. The molecule has 0 aromatic rings. The number of hydrogen-bond donors (Lipinski definition) is 0. The summed E-state index contributed by atoms with van der Waals surface area (Å²) in [6.07, 6.45) is 24.3. The summed E-state index contributed by atoms with van der Waals surface area (Å²) >= 11 is 0. The van der Waals surface area contributed by atoms with E-state index in [9.17, 15) is 9.59 Å². The maximum Gasteiger partial charge on any atom is 0.305 e. The van der Waals surface area contributed by atoms with Crippen molar-refractivity contribution in [2.24, 2.45) is 0 Å². The van der Waals surface area contributed by atoms with Crippen molar-refractivity contribution >= 4 is 11.9 Å². The number of hydrogen-bond acceptors (Lipinski definition) is 4. The molecule has 25 heavy (non-hydrogen) atoms. The van der Waals surface area contributed by atoms with Crippen LogP contribution in [0, 0.1) is 0 Å². The number of carbonyl (C=O) groups is 2. The quantitative estimate of drug-likeness (QED) is 0.250. The molecule has 0 saturated heterocycles. The molecule has 0 radical (unpaired) electrons. The zero-order valence-corrected chi connectivity index (χ0v) is 15.6. The van der Waals surface area contributed by atoms with Crippen LogP contribution < -0.4 is 0 Å². The zero-order valence-electron chi connectivity index (χ0n) is 15.6. The van der Waals surface area contributed by atoms with E-state index in [-0.39, 0.29) is 11.9 Å². The first-order valence-corrected chi connectivity index (χ1v) is 8.94. The summed E-state index contributed by atoms with van der Waals surface area (Å²) in [5.74, 6) is -0.285. The summed E-state index contributed by atoms with van der Waals surface area (Å²) in [7, 11) is 2.84. The van der Waals surface area contributed by atoms with Gasteiger partial charge in [0.05, 0.1) is 14.2 Å². The minimum atomic E-state index is -0.142. The molecule has 0 atom stereocenters. The van der Waals surface area contributed by atoms with Crippen LogP contribution in [0.15, 0.2) is 48.6 Å². The summed E-state index contributed by atoms with van der Waals surface area (Å²) in [4.78, 5) is 21.8. The van der Waals surface area contributed by atoms with Crippen molar-refractivity contribution in [3.8, 4) is 0 Å². The number of rotatable bonds is 14. The van der Waals surface area contributed by atoms with Gasteiger partial charge in [-0.2, -0.15) is 0 Å². The number of unbranched alkanes of at least 4 members (excludes halogenated alkanes) is 2. The smallest absolute Gasteiger partial charge is 0.305 e. The van der Waals surface area contributed by atoms with E-state index < -0.39 is 0 Å². The molecular weight excluding hydrogens is 316 g/mol. The Kier molecular flexibility index (Phi) is 16.7. The Labute approximate surface area is 152 Å². The summed E-state index contributed by atoms with van der Waals surface area (Å²) in [5.41, 5.74) is 0. The van der Waals surface area contributed by atoms with Crippen molar-refractivity contribution in [2.75, 3.05) is 14.2 Å². The number of esters is 2. The second-order valence-electron chi connectivity index (χ2n) is 5.53. The lowest BCUT2D eigenvalue weighted by atomic mass is 10.2. The molecule has 0 unspecified atom stereocenters. The highest BCUT2D eigenvalue weighted by molar-refractivity contribution is 5.69. The van der Waals surface area contributed by atoms with Crippen LogP contribution in [0.25, 0.3) is 0 Å². The number of allylic oxidation sites excluding steroid dienone is 8. The lowest BCUT2D eigenvalue weighted by Gasteiger charge is -1.95. The fourth-order valence-electron chi connectivity index (χ4n) is 1.98. The third kappa shape index (κ3) is 18.1. The van der Waals surface area contributed by atoms with Crippen molar-refractivity contribution in [2.45, 2.75) is 57.8 Å². The van der Waals surface area contributed by atoms with E-state index >= 15 is 0 Å². The topological polar surface area (TPSA) is 52.6 Å². The Hall–Kier alpha value is -2.10. The molecule has 0 bridgehead atoms. The van der Waals surface area contributed by atoms with Crippen molar-refractivity contribution in [1.29, 1.82) is 0 Å². The first kappa shape index (κ1) is 22.9. The highest BCUT2D eigenvalue weighted by Crippen LogP contribution is 2.01. The first-order chi connectivity index (χ1) is 12.2. The predicted octanol–water partition coefficient (Wildman–Crippen LogP) is 5.07. The molecule has 0 aromatic heterocycles. The van der Waals surface area contributed by atoms with Gasteiger partial charge in [0.2, 0.25) is 0 Å². The van der Waals surface area contributed by atoms with E-state index in [1.54, 1.807) is 0 Å². The van der Waals surface area contributed by atoms with Crippen LogP contribution in [-0.2, 0) is 19.1 Å². The average molecular weight is 348 g/mol. The summed E-state index contributed by atoms with van der Waals surface area (Å²) in [6, 6.07) is 0. The van der Waals surface area contributed by atoms with Gasteiger partial charge in [0.25, 0.3) is 0 Å². The van der Waals surface area contributed by atoms with E-state index in [0.29, 0.717) is 12.8 Å². The van der Waals surface area contributed by atoms with E-state index in [1.807, 2.05) is 0 Å². The van der Waals surface area contributed by atoms with Crippen molar-refractivity contribution < 1.29 is 19.1 Å². The number of ether oxygens (including phenoxy) is 2. The molecular formula is C21H32O4. The molecule has 0 amide bonds. The van der Waals surface area contributed by atoms with Gasteiger partial charge in [-0.1, -0.05) is 48.6 Å². The van der Waals surface area contributed by atoms with Crippen molar-refractivity contribution in [1.82, 2.24) is 0 Å². The second-order valence-corrected chi connectivity index (χ2v) is 5.53. The van der Waals surface area contributed by atoms with Crippen molar-refractivity contribution in [3.05, 3.63) is 48.6 Å². The van der Waals surface area contributed by atoms with Crippen LogP contribution in [0.5, 0.6) is 0 Å². The third-order valence-corrected chi connectivity index (χ3v) is 3.44. The minimum Gasteiger partial charge on any atom is -0.469 e. The molecule has 4 heteroatoms. The highest BCUT2D eigenvalue weighted by Gasteiger charge is 1.97. The Balaban J connectivity index is 3.47. The van der Waals surface area contributed by atoms with Crippen molar-refractivity contribution in [3.63, 3.8) is 0 Å². The van der Waals surface area contributed by atoms with Gasteiger partial charge >= 0.3 is 11.9 Å². The van der Waals surface area contributed by atoms with Gasteiger partial charge in [-0.3, -0.25) is 9.59 Å². The lowest BCUT2D eigenvalue weighted by molar-refractivity contribution is -0.141. The van der Waals surface area contributed by atoms with E-state index in [2.05, 4.69) is 58.1 Å². The molecule has 0 saturated carbocycles. The Bertz CT molecular complexity index is 417. The SMILES string of the molecule is COC(=O)CCC/C=C\C/C=C\C/C=C\C/C=C\CCCC(=O)OC. The normalized spacial score (nSPS) is 11.9. The van der Waals surface area contributed by atoms with E-state index in [0.717, 1.165) is 44.9 Å². The van der Waals surface area contributed by atoms with Crippen LogP contribution in [-0.4, -0.2) is 26.2 Å². The molecule has 140 valence electrons. The molecule has 0 aliphatic heterocycles. The van der Waals surface area contributed by atoms with Crippen LogP contribution in [0.1, 0.15) is 57.8 Å². The highest BCUT2D eigenvalue weighted by atomic mass is 16.5. The standard InChI is InChI=1S/C21H32O4/c1-24-20(22)18-16-14-12-10-8-6-4-3-5-7-9-11-13-15-17-19-21(23)25-2/h4-7,10-13H,3,8-9,14-19H2,1-2H3/b6-4-,7-5-,12-10-,13-11-. The summed E-state index contributed by atoms with van der Waals surface area (Å²) in [5, 5.41) is 0. The van der Waals surface area contributed by atoms with Crippen LogP contribution in [0.2, 0.25) is 0 Å². The predicted molar refractivity (Wildman–Crippen MR) is 102 cm³/mol. The maximum atomic E-state index is 10.9. The number of carbonyl (C=O) groups excluding carboxylic acids is 2. The largest absolute Gasteiger partial charge is 0.469 e. The van der Waals surface area contributed by atoms with Crippen LogP contribution >= 0.6 is 0 Å². The molecule has 4 nitrogen and oxygen atoms in total.